The monoisotopic (exact) mass is 577 g/mol. The Balaban J connectivity index is 1.55. The minimum absolute atomic E-state index is 0.129. The van der Waals surface area contributed by atoms with Gasteiger partial charge in [-0.15, -0.1) is 0 Å². The van der Waals surface area contributed by atoms with Crippen molar-refractivity contribution < 1.29 is 23.7 Å². The number of piperazine rings is 1. The fraction of sp³-hybridized carbons (Fsp3) is 0.471. The van der Waals surface area contributed by atoms with Gasteiger partial charge in [-0.25, -0.2) is 0 Å². The Morgan fingerprint density at radius 2 is 1.52 bits per heavy atom. The molecule has 3 aromatic carbocycles. The molecule has 1 fully saturated rings. The predicted octanol–water partition coefficient (Wildman–Crippen LogP) is 5.14. The molecule has 1 aliphatic heterocycles. The van der Waals surface area contributed by atoms with Gasteiger partial charge in [0.1, 0.15) is 29.6 Å². The Bertz CT molecular complexity index is 1290. The summed E-state index contributed by atoms with van der Waals surface area (Å²) in [4.78, 5) is 4.86. The van der Waals surface area contributed by atoms with E-state index in [-0.39, 0.29) is 12.8 Å². The van der Waals surface area contributed by atoms with E-state index in [0.29, 0.717) is 18.8 Å². The number of hydrogen-bond donors (Lipinski definition) is 1. The number of benzene rings is 3. The second-order valence-corrected chi connectivity index (χ2v) is 11.6. The summed E-state index contributed by atoms with van der Waals surface area (Å²) in [5, 5.41) is 0. The lowest BCUT2D eigenvalue weighted by Crippen LogP contribution is -2.60. The molecule has 2 N–H and O–H groups in total. The van der Waals surface area contributed by atoms with Crippen LogP contribution in [0.15, 0.2) is 54.6 Å². The summed E-state index contributed by atoms with van der Waals surface area (Å²) in [6.45, 7) is 11.0. The molecule has 228 valence electrons. The molecule has 0 radical (unpaired) electrons. The van der Waals surface area contributed by atoms with E-state index in [1.165, 1.54) is 0 Å². The second kappa shape index (κ2) is 14.2. The Labute approximate surface area is 251 Å². The topological polar surface area (TPSA) is 78.7 Å². The fourth-order valence-electron chi connectivity index (χ4n) is 5.63. The zero-order valence-corrected chi connectivity index (χ0v) is 26.2. The maximum Gasteiger partial charge on any atom is 0.188 e. The molecule has 0 spiro atoms. The molecular formula is C34H47N3O5. The van der Waals surface area contributed by atoms with Gasteiger partial charge >= 0.3 is 0 Å². The lowest BCUT2D eigenvalue weighted by atomic mass is 9.87. The van der Waals surface area contributed by atoms with Crippen molar-refractivity contribution in [2.24, 2.45) is 5.73 Å². The first-order chi connectivity index (χ1) is 20.1. The molecule has 0 saturated carbocycles. The van der Waals surface area contributed by atoms with Crippen LogP contribution in [-0.2, 0) is 17.8 Å². The smallest absolute Gasteiger partial charge is 0.188 e. The first-order valence-electron chi connectivity index (χ1n) is 14.5. The van der Waals surface area contributed by atoms with Gasteiger partial charge in [-0.3, -0.25) is 4.90 Å². The van der Waals surface area contributed by atoms with Gasteiger partial charge in [0.25, 0.3) is 0 Å². The average Bonchev–Trinajstić information content (AvgIpc) is 2.98. The van der Waals surface area contributed by atoms with Crippen LogP contribution in [0.2, 0.25) is 0 Å². The number of hydrogen-bond acceptors (Lipinski definition) is 8. The Morgan fingerprint density at radius 3 is 2.14 bits per heavy atom. The van der Waals surface area contributed by atoms with Crippen molar-refractivity contribution in [2.45, 2.75) is 45.4 Å². The minimum Gasteiger partial charge on any atom is -0.496 e. The molecule has 1 atom stereocenters. The molecule has 1 heterocycles. The molecule has 1 aliphatic rings. The van der Waals surface area contributed by atoms with Crippen LogP contribution in [0.5, 0.6) is 23.0 Å². The summed E-state index contributed by atoms with van der Waals surface area (Å²) in [6, 6.07) is 18.3. The van der Waals surface area contributed by atoms with Crippen LogP contribution in [0.25, 0.3) is 11.1 Å². The van der Waals surface area contributed by atoms with Gasteiger partial charge in [0.05, 0.1) is 14.2 Å². The van der Waals surface area contributed by atoms with Crippen LogP contribution < -0.4 is 24.7 Å². The maximum atomic E-state index is 6.74. The van der Waals surface area contributed by atoms with Crippen LogP contribution in [0, 0.1) is 6.92 Å². The summed E-state index contributed by atoms with van der Waals surface area (Å²) in [5.74, 6) is 2.94. The maximum absolute atomic E-state index is 6.74. The molecule has 0 aromatic heterocycles. The number of ether oxygens (including phenoxy) is 5. The summed E-state index contributed by atoms with van der Waals surface area (Å²) in [7, 11) is 7.17. The summed E-state index contributed by atoms with van der Waals surface area (Å²) < 4.78 is 28.8. The number of nitrogens with zero attached hydrogens (tertiary/aromatic N) is 2. The first kappa shape index (κ1) is 31.6. The molecule has 3 aromatic rings. The summed E-state index contributed by atoms with van der Waals surface area (Å²) >= 11 is 0. The van der Waals surface area contributed by atoms with Gasteiger partial charge < -0.3 is 34.3 Å². The molecule has 1 saturated heterocycles. The molecule has 4 rings (SSSR count). The van der Waals surface area contributed by atoms with E-state index in [4.69, 9.17) is 29.4 Å². The van der Waals surface area contributed by atoms with Gasteiger partial charge in [-0.1, -0.05) is 30.3 Å². The highest BCUT2D eigenvalue weighted by molar-refractivity contribution is 5.69. The van der Waals surface area contributed by atoms with Gasteiger partial charge in [-0.05, 0) is 68.6 Å². The Kier molecular flexibility index (Phi) is 10.7. The molecule has 8 heteroatoms. The zero-order chi connectivity index (χ0) is 30.3. The lowest BCUT2D eigenvalue weighted by Gasteiger charge is -2.44. The predicted molar refractivity (Wildman–Crippen MR) is 168 cm³/mol. The molecular weight excluding hydrogens is 530 g/mol. The number of methoxy groups -OCH3 is 3. The molecule has 42 heavy (non-hydrogen) atoms. The van der Waals surface area contributed by atoms with E-state index >= 15 is 0 Å². The summed E-state index contributed by atoms with van der Waals surface area (Å²) in [6.07, 6.45) is 0.716. The third-order valence-corrected chi connectivity index (χ3v) is 8.15. The standard InChI is InChI=1S/C34H47N3O5/c1-24-26(11-9-13-29(24)25-10-8-12-27(18-25)42-23-38-5)22-41-28-19-31(39-6)30(32(20-28)40-7)21-33(34(2,3)35)37-16-14-36(4)15-17-37/h8-13,18-20,33H,14-17,21-23,35H2,1-7H3. The first-order valence-corrected chi connectivity index (χ1v) is 14.5. The molecule has 1 unspecified atom stereocenters. The van der Waals surface area contributed by atoms with Crippen molar-refractivity contribution >= 4 is 0 Å². The van der Waals surface area contributed by atoms with Crippen LogP contribution in [0.3, 0.4) is 0 Å². The molecule has 8 nitrogen and oxygen atoms in total. The van der Waals surface area contributed by atoms with E-state index in [1.54, 1.807) is 21.3 Å². The zero-order valence-electron chi connectivity index (χ0n) is 26.2. The van der Waals surface area contributed by atoms with Gasteiger partial charge in [0.15, 0.2) is 6.79 Å². The fourth-order valence-corrected chi connectivity index (χ4v) is 5.63. The normalized spacial score (nSPS) is 15.3. The van der Waals surface area contributed by atoms with E-state index in [2.05, 4.69) is 61.9 Å². The largest absolute Gasteiger partial charge is 0.496 e. The van der Waals surface area contributed by atoms with E-state index < -0.39 is 5.54 Å². The SMILES string of the molecule is COCOc1cccc(-c2cccc(COc3cc(OC)c(CC(N4CCN(C)CC4)C(C)(C)N)c(OC)c3)c2C)c1. The van der Waals surface area contributed by atoms with Crippen molar-refractivity contribution in [3.05, 3.63) is 71.3 Å². The lowest BCUT2D eigenvalue weighted by molar-refractivity contribution is 0.0511. The third-order valence-electron chi connectivity index (χ3n) is 8.15. The van der Waals surface area contributed by atoms with Gasteiger partial charge in [-0.2, -0.15) is 0 Å². The van der Waals surface area contributed by atoms with Crippen LogP contribution in [-0.4, -0.2) is 82.7 Å². The number of rotatable bonds is 13. The highest BCUT2D eigenvalue weighted by Crippen LogP contribution is 2.37. The number of likely N-dealkylation sites (N-methyl/N-ethyl adjacent to an activating group) is 1. The molecule has 0 bridgehead atoms. The van der Waals surface area contributed by atoms with Gasteiger partial charge in [0.2, 0.25) is 0 Å². The highest BCUT2D eigenvalue weighted by atomic mass is 16.7. The average molecular weight is 578 g/mol. The van der Waals surface area contributed by atoms with Crippen molar-refractivity contribution in [1.82, 2.24) is 9.80 Å². The quantitative estimate of drug-likeness (QED) is 0.280. The van der Waals surface area contributed by atoms with Crippen molar-refractivity contribution in [3.63, 3.8) is 0 Å². The Morgan fingerprint density at radius 1 is 0.857 bits per heavy atom. The van der Waals surface area contributed by atoms with E-state index in [9.17, 15) is 0 Å². The minimum atomic E-state index is -0.404. The van der Waals surface area contributed by atoms with Crippen LogP contribution >= 0.6 is 0 Å². The molecule has 0 amide bonds. The van der Waals surface area contributed by atoms with Crippen LogP contribution in [0.4, 0.5) is 0 Å². The Hall–Kier alpha value is -3.30. The summed E-state index contributed by atoms with van der Waals surface area (Å²) in [5.41, 5.74) is 11.8. The van der Waals surface area contributed by atoms with Gasteiger partial charge in [0, 0.05) is 62.6 Å². The second-order valence-electron chi connectivity index (χ2n) is 11.6. The number of nitrogens with two attached hydrogens (primary N) is 1. The highest BCUT2D eigenvalue weighted by Gasteiger charge is 2.34. The van der Waals surface area contributed by atoms with E-state index in [0.717, 1.165) is 71.2 Å². The third kappa shape index (κ3) is 7.75. The van der Waals surface area contributed by atoms with Crippen molar-refractivity contribution in [2.75, 3.05) is 61.3 Å². The van der Waals surface area contributed by atoms with Crippen LogP contribution in [0.1, 0.15) is 30.5 Å². The van der Waals surface area contributed by atoms with Crippen molar-refractivity contribution in [3.8, 4) is 34.1 Å². The van der Waals surface area contributed by atoms with Crippen molar-refractivity contribution in [1.29, 1.82) is 0 Å². The van der Waals surface area contributed by atoms with E-state index in [1.807, 2.05) is 30.3 Å². The molecule has 0 aliphatic carbocycles.